The van der Waals surface area contributed by atoms with Crippen molar-refractivity contribution in [2.45, 2.75) is 39.2 Å². The van der Waals surface area contributed by atoms with Gasteiger partial charge in [0.15, 0.2) is 6.04 Å². The van der Waals surface area contributed by atoms with Gasteiger partial charge in [-0.25, -0.2) is 4.79 Å². The second-order valence-electron chi connectivity index (χ2n) is 5.69. The molecule has 1 atom stereocenters. The molecule has 0 radical (unpaired) electrons. The molecule has 23 heavy (non-hydrogen) atoms. The van der Waals surface area contributed by atoms with Crippen molar-refractivity contribution in [3.8, 4) is 0 Å². The van der Waals surface area contributed by atoms with E-state index in [9.17, 15) is 14.7 Å². The standard InChI is InChI=1S/C18H21NO3S/c1-12-9-13(2)11-14(10-12)17(18(21)22)19-16(20)7-3-5-15-6-4-8-23-15/h4,6,8-11,17H,3,5,7H2,1-2H3,(H,19,20)(H,21,22). The molecule has 0 aliphatic heterocycles. The second-order valence-corrected chi connectivity index (χ2v) is 6.72. The van der Waals surface area contributed by atoms with Crippen LogP contribution in [0.15, 0.2) is 35.7 Å². The number of aliphatic carboxylic acids is 1. The molecule has 2 aromatic rings. The lowest BCUT2D eigenvalue weighted by Gasteiger charge is -2.16. The number of thiophene rings is 1. The van der Waals surface area contributed by atoms with E-state index in [0.29, 0.717) is 18.4 Å². The Hall–Kier alpha value is -2.14. The Labute approximate surface area is 140 Å². The molecule has 5 heteroatoms. The summed E-state index contributed by atoms with van der Waals surface area (Å²) < 4.78 is 0. The topological polar surface area (TPSA) is 66.4 Å². The molecule has 122 valence electrons. The molecule has 0 aliphatic carbocycles. The Balaban J connectivity index is 1.95. The van der Waals surface area contributed by atoms with Crippen molar-refractivity contribution in [1.29, 1.82) is 0 Å². The lowest BCUT2D eigenvalue weighted by atomic mass is 10.0. The number of carbonyl (C=O) groups is 2. The molecule has 0 fully saturated rings. The van der Waals surface area contributed by atoms with Crippen molar-refractivity contribution in [2.75, 3.05) is 0 Å². The van der Waals surface area contributed by atoms with Crippen molar-refractivity contribution in [3.63, 3.8) is 0 Å². The van der Waals surface area contributed by atoms with Crippen LogP contribution in [-0.4, -0.2) is 17.0 Å². The highest BCUT2D eigenvalue weighted by atomic mass is 32.1. The molecular weight excluding hydrogens is 310 g/mol. The average Bonchev–Trinajstić information content (AvgIpc) is 2.96. The first-order chi connectivity index (χ1) is 11.0. The third-order valence-corrected chi connectivity index (χ3v) is 4.47. The molecule has 0 saturated heterocycles. The van der Waals surface area contributed by atoms with Crippen LogP contribution in [0.3, 0.4) is 0 Å². The van der Waals surface area contributed by atoms with E-state index in [1.807, 2.05) is 37.4 Å². The number of carboxylic acids is 1. The molecule has 1 aromatic heterocycles. The van der Waals surface area contributed by atoms with E-state index < -0.39 is 12.0 Å². The van der Waals surface area contributed by atoms with Gasteiger partial charge in [0.25, 0.3) is 0 Å². The minimum atomic E-state index is -1.04. The van der Waals surface area contributed by atoms with Crippen LogP contribution in [0.4, 0.5) is 0 Å². The molecule has 1 unspecified atom stereocenters. The van der Waals surface area contributed by atoms with Gasteiger partial charge in [0.05, 0.1) is 0 Å². The zero-order chi connectivity index (χ0) is 16.8. The van der Waals surface area contributed by atoms with Gasteiger partial charge < -0.3 is 10.4 Å². The molecule has 4 nitrogen and oxygen atoms in total. The third kappa shape index (κ3) is 5.21. The molecular formula is C18H21NO3S. The predicted octanol–water partition coefficient (Wildman–Crippen LogP) is 3.63. The first kappa shape index (κ1) is 17.2. The van der Waals surface area contributed by atoms with Crippen molar-refractivity contribution < 1.29 is 14.7 Å². The van der Waals surface area contributed by atoms with Gasteiger partial charge >= 0.3 is 5.97 Å². The van der Waals surface area contributed by atoms with Gasteiger partial charge in [-0.15, -0.1) is 11.3 Å². The maximum Gasteiger partial charge on any atom is 0.330 e. The lowest BCUT2D eigenvalue weighted by molar-refractivity contribution is -0.142. The third-order valence-electron chi connectivity index (χ3n) is 3.54. The monoisotopic (exact) mass is 331 g/mol. The van der Waals surface area contributed by atoms with Crippen molar-refractivity contribution >= 4 is 23.2 Å². The minimum absolute atomic E-state index is 0.229. The van der Waals surface area contributed by atoms with Gasteiger partial charge in [0, 0.05) is 11.3 Å². The number of hydrogen-bond donors (Lipinski definition) is 2. The summed E-state index contributed by atoms with van der Waals surface area (Å²) in [6.07, 6.45) is 1.88. The van der Waals surface area contributed by atoms with Crippen molar-refractivity contribution in [2.24, 2.45) is 0 Å². The molecule has 2 rings (SSSR count). The fraction of sp³-hybridized carbons (Fsp3) is 0.333. The number of nitrogens with one attached hydrogen (secondary N) is 1. The molecule has 0 spiro atoms. The largest absolute Gasteiger partial charge is 0.479 e. The number of aryl methyl sites for hydroxylation is 3. The van der Waals surface area contributed by atoms with Gasteiger partial charge in [-0.05, 0) is 43.7 Å². The molecule has 1 heterocycles. The maximum absolute atomic E-state index is 12.1. The van der Waals surface area contributed by atoms with E-state index in [1.165, 1.54) is 4.88 Å². The van der Waals surface area contributed by atoms with Crippen LogP contribution in [0.2, 0.25) is 0 Å². The minimum Gasteiger partial charge on any atom is -0.479 e. The first-order valence-electron chi connectivity index (χ1n) is 7.58. The van der Waals surface area contributed by atoms with Crippen LogP contribution in [0.5, 0.6) is 0 Å². The number of carboxylic acid groups (broad SMARTS) is 1. The highest BCUT2D eigenvalue weighted by Crippen LogP contribution is 2.18. The van der Waals surface area contributed by atoms with E-state index in [-0.39, 0.29) is 5.91 Å². The summed E-state index contributed by atoms with van der Waals surface area (Å²) in [6, 6.07) is 8.61. The Morgan fingerprint density at radius 3 is 2.48 bits per heavy atom. The normalized spacial score (nSPS) is 11.9. The zero-order valence-electron chi connectivity index (χ0n) is 13.3. The molecule has 2 N–H and O–H groups in total. The first-order valence-corrected chi connectivity index (χ1v) is 8.46. The van der Waals surface area contributed by atoms with Crippen molar-refractivity contribution in [3.05, 3.63) is 57.3 Å². The number of rotatable bonds is 7. The van der Waals surface area contributed by atoms with E-state index in [1.54, 1.807) is 23.5 Å². The Morgan fingerprint density at radius 2 is 1.91 bits per heavy atom. The van der Waals surface area contributed by atoms with Gasteiger partial charge in [-0.2, -0.15) is 0 Å². The zero-order valence-corrected chi connectivity index (χ0v) is 14.2. The van der Waals surface area contributed by atoms with Gasteiger partial charge in [0.2, 0.25) is 5.91 Å². The van der Waals surface area contributed by atoms with Crippen LogP contribution < -0.4 is 5.32 Å². The fourth-order valence-corrected chi connectivity index (χ4v) is 3.33. The van der Waals surface area contributed by atoms with E-state index >= 15 is 0 Å². The highest BCUT2D eigenvalue weighted by Gasteiger charge is 2.22. The number of amides is 1. The van der Waals surface area contributed by atoms with Crippen molar-refractivity contribution in [1.82, 2.24) is 5.32 Å². The van der Waals surface area contributed by atoms with Crippen LogP contribution >= 0.6 is 11.3 Å². The van der Waals surface area contributed by atoms with Gasteiger partial charge in [-0.1, -0.05) is 35.4 Å². The van der Waals surface area contributed by atoms with E-state index in [4.69, 9.17) is 0 Å². The fourth-order valence-electron chi connectivity index (χ4n) is 2.58. The summed E-state index contributed by atoms with van der Waals surface area (Å²) >= 11 is 1.67. The van der Waals surface area contributed by atoms with Gasteiger partial charge in [-0.3, -0.25) is 4.79 Å². The Kier molecular flexibility index (Phi) is 5.93. The summed E-state index contributed by atoms with van der Waals surface area (Å²) in [5.41, 5.74) is 2.58. The number of benzene rings is 1. The van der Waals surface area contributed by atoms with Gasteiger partial charge in [0.1, 0.15) is 0 Å². The maximum atomic E-state index is 12.1. The van der Waals surface area contributed by atoms with E-state index in [0.717, 1.165) is 17.5 Å². The number of carbonyl (C=O) groups excluding carboxylic acids is 1. The van der Waals surface area contributed by atoms with Crippen LogP contribution in [0, 0.1) is 13.8 Å². The smallest absolute Gasteiger partial charge is 0.330 e. The summed E-state index contributed by atoms with van der Waals surface area (Å²) in [4.78, 5) is 24.8. The summed E-state index contributed by atoms with van der Waals surface area (Å²) in [7, 11) is 0. The SMILES string of the molecule is Cc1cc(C)cc(C(NC(=O)CCCc2cccs2)C(=O)O)c1. The average molecular weight is 331 g/mol. The summed E-state index contributed by atoms with van der Waals surface area (Å²) in [5.74, 6) is -1.27. The van der Waals surface area contributed by atoms with Crippen LogP contribution in [0.25, 0.3) is 0 Å². The Morgan fingerprint density at radius 1 is 1.22 bits per heavy atom. The van der Waals surface area contributed by atoms with Crippen LogP contribution in [0.1, 0.15) is 40.5 Å². The number of hydrogen-bond acceptors (Lipinski definition) is 3. The highest BCUT2D eigenvalue weighted by molar-refractivity contribution is 7.09. The molecule has 1 amide bonds. The Bertz CT molecular complexity index is 659. The molecule has 0 saturated carbocycles. The quantitative estimate of drug-likeness (QED) is 0.814. The van der Waals surface area contributed by atoms with Crippen LogP contribution in [-0.2, 0) is 16.0 Å². The predicted molar refractivity (Wildman–Crippen MR) is 91.7 cm³/mol. The lowest BCUT2D eigenvalue weighted by Crippen LogP contribution is -2.33. The second kappa shape index (κ2) is 7.92. The summed E-state index contributed by atoms with van der Waals surface area (Å²) in [5, 5.41) is 14.1. The molecule has 1 aromatic carbocycles. The molecule has 0 aliphatic rings. The van der Waals surface area contributed by atoms with E-state index in [2.05, 4.69) is 5.32 Å². The molecule has 0 bridgehead atoms. The summed E-state index contributed by atoms with van der Waals surface area (Å²) in [6.45, 7) is 3.83.